The summed E-state index contributed by atoms with van der Waals surface area (Å²) < 4.78 is 6.10. The van der Waals surface area contributed by atoms with Gasteiger partial charge in [-0.15, -0.1) is 0 Å². The van der Waals surface area contributed by atoms with Gasteiger partial charge >= 0.3 is 0 Å². The summed E-state index contributed by atoms with van der Waals surface area (Å²) in [6.07, 6.45) is 6.30. The molecule has 2 rings (SSSR count). The number of unbranched alkanes of at least 4 members (excludes halogenated alkanes) is 1. The zero-order valence-electron chi connectivity index (χ0n) is 12.1. The van der Waals surface area contributed by atoms with Gasteiger partial charge in [-0.2, -0.15) is 0 Å². The van der Waals surface area contributed by atoms with E-state index in [-0.39, 0.29) is 0 Å². The Hall–Kier alpha value is -0.860. The highest BCUT2D eigenvalue weighted by Gasteiger charge is 2.30. The molecule has 0 saturated heterocycles. The fraction of sp³-hybridized carbons (Fsp3) is 0.647. The van der Waals surface area contributed by atoms with Crippen LogP contribution in [0, 0.1) is 5.92 Å². The van der Waals surface area contributed by atoms with Crippen LogP contribution in [-0.2, 0) is 4.74 Å². The average Bonchev–Trinajstić information content (AvgIpc) is 2.48. The highest BCUT2D eigenvalue weighted by molar-refractivity contribution is 5.20. The van der Waals surface area contributed by atoms with E-state index in [9.17, 15) is 0 Å². The summed E-state index contributed by atoms with van der Waals surface area (Å²) in [7, 11) is 0. The van der Waals surface area contributed by atoms with E-state index in [4.69, 9.17) is 10.5 Å². The summed E-state index contributed by atoms with van der Waals surface area (Å²) in [5.41, 5.74) is 7.36. The molecule has 2 nitrogen and oxygen atoms in total. The molecule has 1 fully saturated rings. The van der Waals surface area contributed by atoms with Gasteiger partial charge in [0.15, 0.2) is 0 Å². The summed E-state index contributed by atoms with van der Waals surface area (Å²) in [5.74, 6) is 1.20. The molecule has 1 aliphatic carbocycles. The maximum atomic E-state index is 6.10. The Labute approximate surface area is 117 Å². The third-order valence-corrected chi connectivity index (χ3v) is 4.33. The highest BCUT2D eigenvalue weighted by Crippen LogP contribution is 2.37. The first-order chi connectivity index (χ1) is 9.35. The molecule has 3 atom stereocenters. The molecular weight excluding hydrogens is 234 g/mol. The predicted molar refractivity (Wildman–Crippen MR) is 80.2 cm³/mol. The second-order valence-electron chi connectivity index (χ2n) is 5.68. The molecule has 0 heterocycles. The first-order valence-electron chi connectivity index (χ1n) is 7.71. The van der Waals surface area contributed by atoms with Crippen molar-refractivity contribution in [3.05, 3.63) is 35.9 Å². The lowest BCUT2D eigenvalue weighted by Gasteiger charge is -2.35. The third kappa shape index (κ3) is 4.05. The summed E-state index contributed by atoms with van der Waals surface area (Å²) in [6, 6.07) is 10.9. The second-order valence-corrected chi connectivity index (χ2v) is 5.68. The number of benzene rings is 1. The van der Waals surface area contributed by atoms with Crippen molar-refractivity contribution < 1.29 is 4.74 Å². The Balaban J connectivity index is 1.95. The van der Waals surface area contributed by atoms with Crippen molar-refractivity contribution in [2.45, 2.75) is 51.0 Å². The van der Waals surface area contributed by atoms with Gasteiger partial charge in [0, 0.05) is 6.61 Å². The van der Waals surface area contributed by atoms with Gasteiger partial charge in [0.25, 0.3) is 0 Å². The molecule has 1 aromatic carbocycles. The zero-order valence-corrected chi connectivity index (χ0v) is 12.1. The van der Waals surface area contributed by atoms with E-state index < -0.39 is 0 Å². The molecule has 19 heavy (non-hydrogen) atoms. The number of ether oxygens (including phenoxy) is 1. The average molecular weight is 261 g/mol. The molecule has 2 N–H and O–H groups in total. The van der Waals surface area contributed by atoms with Crippen LogP contribution in [0.2, 0.25) is 0 Å². The summed E-state index contributed by atoms with van der Waals surface area (Å²) >= 11 is 0. The highest BCUT2D eigenvalue weighted by atomic mass is 16.5. The van der Waals surface area contributed by atoms with Crippen molar-refractivity contribution in [2.75, 3.05) is 13.2 Å². The van der Waals surface area contributed by atoms with Gasteiger partial charge in [-0.05, 0) is 49.6 Å². The smallest absolute Gasteiger partial charge is 0.0621 e. The van der Waals surface area contributed by atoms with Gasteiger partial charge in [-0.1, -0.05) is 43.7 Å². The predicted octanol–water partition coefficient (Wildman–Crippen LogP) is 3.71. The molecule has 2 heteroatoms. The lowest BCUT2D eigenvalue weighted by molar-refractivity contribution is -0.0147. The minimum atomic E-state index is 0.357. The zero-order chi connectivity index (χ0) is 13.5. The fourth-order valence-corrected chi connectivity index (χ4v) is 3.07. The maximum Gasteiger partial charge on any atom is 0.0621 e. The first kappa shape index (κ1) is 14.5. The number of hydrogen-bond acceptors (Lipinski definition) is 2. The van der Waals surface area contributed by atoms with Gasteiger partial charge < -0.3 is 10.5 Å². The third-order valence-electron chi connectivity index (χ3n) is 4.33. The van der Waals surface area contributed by atoms with Crippen LogP contribution < -0.4 is 5.73 Å². The molecular formula is C17H27NO. The number of nitrogens with two attached hydrogens (primary N) is 1. The van der Waals surface area contributed by atoms with E-state index >= 15 is 0 Å². The first-order valence-corrected chi connectivity index (χ1v) is 7.71. The largest absolute Gasteiger partial charge is 0.378 e. The molecule has 0 spiro atoms. The molecule has 1 saturated carbocycles. The SMILES string of the molecule is CCCCOC1CC(c2ccccc2)CCC1CN. The van der Waals surface area contributed by atoms with Gasteiger partial charge in [-0.25, -0.2) is 0 Å². The molecule has 3 unspecified atom stereocenters. The molecule has 0 aromatic heterocycles. The van der Waals surface area contributed by atoms with Crippen molar-refractivity contribution >= 4 is 0 Å². The van der Waals surface area contributed by atoms with Crippen molar-refractivity contribution in [1.82, 2.24) is 0 Å². The molecule has 106 valence electrons. The normalized spacial score (nSPS) is 27.4. The van der Waals surface area contributed by atoms with Crippen LogP contribution in [0.25, 0.3) is 0 Å². The molecule has 0 bridgehead atoms. The fourth-order valence-electron chi connectivity index (χ4n) is 3.07. The van der Waals surface area contributed by atoms with Crippen LogP contribution in [-0.4, -0.2) is 19.3 Å². The van der Waals surface area contributed by atoms with Crippen molar-refractivity contribution in [2.24, 2.45) is 11.7 Å². The quantitative estimate of drug-likeness (QED) is 0.792. The van der Waals surface area contributed by atoms with E-state index in [1.54, 1.807) is 0 Å². The molecule has 0 aliphatic heterocycles. The summed E-state index contributed by atoms with van der Waals surface area (Å²) in [4.78, 5) is 0. The maximum absolute atomic E-state index is 6.10. The van der Waals surface area contributed by atoms with Crippen molar-refractivity contribution in [3.8, 4) is 0 Å². The van der Waals surface area contributed by atoms with Gasteiger partial charge in [0.2, 0.25) is 0 Å². The van der Waals surface area contributed by atoms with E-state index in [0.29, 0.717) is 17.9 Å². The van der Waals surface area contributed by atoms with E-state index in [0.717, 1.165) is 26.0 Å². The Morgan fingerprint density at radius 3 is 2.68 bits per heavy atom. The van der Waals surface area contributed by atoms with Crippen LogP contribution in [0.15, 0.2) is 30.3 Å². The molecule has 0 radical (unpaired) electrons. The summed E-state index contributed by atoms with van der Waals surface area (Å²) in [5, 5.41) is 0. The van der Waals surface area contributed by atoms with Gasteiger partial charge in [0.05, 0.1) is 6.10 Å². The topological polar surface area (TPSA) is 35.2 Å². The van der Waals surface area contributed by atoms with Crippen LogP contribution in [0.4, 0.5) is 0 Å². The van der Waals surface area contributed by atoms with E-state index in [1.807, 2.05) is 0 Å². The van der Waals surface area contributed by atoms with Crippen molar-refractivity contribution in [1.29, 1.82) is 0 Å². The van der Waals surface area contributed by atoms with Gasteiger partial charge in [-0.3, -0.25) is 0 Å². The Morgan fingerprint density at radius 2 is 2.00 bits per heavy atom. The molecule has 1 aliphatic rings. The Morgan fingerprint density at radius 1 is 1.21 bits per heavy atom. The van der Waals surface area contributed by atoms with Crippen LogP contribution in [0.3, 0.4) is 0 Å². The van der Waals surface area contributed by atoms with Crippen LogP contribution in [0.5, 0.6) is 0 Å². The van der Waals surface area contributed by atoms with Crippen molar-refractivity contribution in [3.63, 3.8) is 0 Å². The number of rotatable bonds is 6. The minimum Gasteiger partial charge on any atom is -0.378 e. The van der Waals surface area contributed by atoms with E-state index in [2.05, 4.69) is 37.3 Å². The monoisotopic (exact) mass is 261 g/mol. The standard InChI is InChI=1S/C17H27NO/c1-2-3-11-19-17-12-15(9-10-16(17)13-18)14-7-5-4-6-8-14/h4-8,15-17H,2-3,9-13,18H2,1H3. The Bertz CT molecular complexity index is 352. The summed E-state index contributed by atoms with van der Waals surface area (Å²) in [6.45, 7) is 3.86. The molecule has 1 aromatic rings. The molecule has 0 amide bonds. The lowest BCUT2D eigenvalue weighted by Crippen LogP contribution is -2.36. The van der Waals surface area contributed by atoms with Gasteiger partial charge in [0.1, 0.15) is 0 Å². The minimum absolute atomic E-state index is 0.357. The Kier molecular flexibility index (Phi) is 5.87. The van der Waals surface area contributed by atoms with E-state index in [1.165, 1.54) is 24.8 Å². The lowest BCUT2D eigenvalue weighted by atomic mass is 9.77. The van der Waals surface area contributed by atoms with Crippen LogP contribution >= 0.6 is 0 Å². The second kappa shape index (κ2) is 7.66. The number of hydrogen-bond donors (Lipinski definition) is 1. The van der Waals surface area contributed by atoms with Crippen LogP contribution in [0.1, 0.15) is 50.5 Å².